The van der Waals surface area contributed by atoms with Crippen molar-refractivity contribution in [1.29, 1.82) is 0 Å². The Hall–Kier alpha value is -3.07. The molecule has 0 radical (unpaired) electrons. The zero-order valence-corrected chi connectivity index (χ0v) is 32.2. The zero-order valence-electron chi connectivity index (χ0n) is 31.3. The molecule has 0 aliphatic rings. The number of nitrogens with zero attached hydrogens (tertiary/aromatic N) is 1. The summed E-state index contributed by atoms with van der Waals surface area (Å²) in [7, 11) is 1.06. The number of allylic oxidation sites excluding steroid dienone is 16. The van der Waals surface area contributed by atoms with Gasteiger partial charge in [0.2, 0.25) is 0 Å². The van der Waals surface area contributed by atoms with Gasteiger partial charge in [0.1, 0.15) is 19.8 Å². The van der Waals surface area contributed by atoms with Gasteiger partial charge in [-0.25, -0.2) is 0 Å². The van der Waals surface area contributed by atoms with Gasteiger partial charge in [-0.3, -0.25) is 14.2 Å². The van der Waals surface area contributed by atoms with Crippen LogP contribution in [0.4, 0.5) is 0 Å². The largest absolute Gasteiger partial charge is 0.756 e. The summed E-state index contributed by atoms with van der Waals surface area (Å²) < 4.78 is 33.5. The number of hydrogen-bond acceptors (Lipinski definition) is 8. The van der Waals surface area contributed by atoms with Crippen molar-refractivity contribution < 1.29 is 42.1 Å². The highest BCUT2D eigenvalue weighted by Crippen LogP contribution is 2.38. The first-order chi connectivity index (χ1) is 24.0. The Morgan fingerprint density at radius 1 is 0.600 bits per heavy atom. The lowest BCUT2D eigenvalue weighted by Gasteiger charge is -2.28. The number of likely N-dealkylation sites (N-methyl/N-ethyl adjacent to an activating group) is 1. The Kier molecular flexibility index (Phi) is 29.9. The van der Waals surface area contributed by atoms with Gasteiger partial charge in [-0.2, -0.15) is 0 Å². The number of phosphoric acid groups is 1. The first-order valence-electron chi connectivity index (χ1n) is 17.9. The molecule has 0 amide bonds. The number of hydrogen-bond donors (Lipinski definition) is 0. The normalized spacial score (nSPS) is 14.9. The lowest BCUT2D eigenvalue weighted by molar-refractivity contribution is -0.870. The van der Waals surface area contributed by atoms with E-state index in [1.807, 2.05) is 45.4 Å². The molecule has 2 atom stereocenters. The molecule has 0 aliphatic heterocycles. The molecule has 0 rings (SSSR count). The van der Waals surface area contributed by atoms with Crippen molar-refractivity contribution in [2.75, 3.05) is 47.5 Å². The highest BCUT2D eigenvalue weighted by atomic mass is 31.2. The molecule has 0 aromatic heterocycles. The van der Waals surface area contributed by atoms with Crippen LogP contribution >= 0.6 is 7.82 Å². The molecule has 0 aromatic rings. The Labute approximate surface area is 303 Å². The highest BCUT2D eigenvalue weighted by Gasteiger charge is 2.21. The van der Waals surface area contributed by atoms with Crippen molar-refractivity contribution in [1.82, 2.24) is 0 Å². The predicted octanol–water partition coefficient (Wildman–Crippen LogP) is 8.82. The van der Waals surface area contributed by atoms with E-state index in [4.69, 9.17) is 18.5 Å². The van der Waals surface area contributed by atoms with Crippen LogP contribution in [0.5, 0.6) is 0 Å². The summed E-state index contributed by atoms with van der Waals surface area (Å²) in [5.41, 5.74) is 0. The van der Waals surface area contributed by atoms with Crippen molar-refractivity contribution in [3.8, 4) is 0 Å². The van der Waals surface area contributed by atoms with Crippen LogP contribution in [0.3, 0.4) is 0 Å². The molecule has 282 valence electrons. The van der Waals surface area contributed by atoms with Gasteiger partial charge in [-0.1, -0.05) is 111 Å². The lowest BCUT2D eigenvalue weighted by Crippen LogP contribution is -2.37. The van der Waals surface area contributed by atoms with Crippen LogP contribution in [0.25, 0.3) is 0 Å². The molecule has 0 fully saturated rings. The molecule has 0 bridgehead atoms. The minimum atomic E-state index is -4.66. The average molecular weight is 718 g/mol. The van der Waals surface area contributed by atoms with Crippen molar-refractivity contribution in [3.05, 3.63) is 97.2 Å². The molecule has 0 spiro atoms. The van der Waals surface area contributed by atoms with Crippen molar-refractivity contribution in [2.45, 2.75) is 97.0 Å². The topological polar surface area (TPSA) is 111 Å². The zero-order chi connectivity index (χ0) is 37.2. The van der Waals surface area contributed by atoms with E-state index in [0.29, 0.717) is 23.9 Å². The average Bonchev–Trinajstić information content (AvgIpc) is 3.06. The summed E-state index contributed by atoms with van der Waals surface area (Å²) in [6.45, 7) is 3.76. The second kappa shape index (κ2) is 31.9. The first-order valence-corrected chi connectivity index (χ1v) is 19.4. The van der Waals surface area contributed by atoms with E-state index in [0.717, 1.165) is 51.4 Å². The molecule has 50 heavy (non-hydrogen) atoms. The highest BCUT2D eigenvalue weighted by molar-refractivity contribution is 7.45. The van der Waals surface area contributed by atoms with Crippen molar-refractivity contribution >= 4 is 19.8 Å². The van der Waals surface area contributed by atoms with Gasteiger partial charge in [0.15, 0.2) is 6.10 Å². The third-order valence-electron chi connectivity index (χ3n) is 6.63. The molecule has 0 saturated carbocycles. The van der Waals surface area contributed by atoms with Crippen LogP contribution in [0.1, 0.15) is 90.9 Å². The molecule has 2 unspecified atom stereocenters. The van der Waals surface area contributed by atoms with Crippen molar-refractivity contribution in [2.24, 2.45) is 0 Å². The SMILES string of the molecule is CC/C=C\C/C=C\C/C=C\C/C=C\CCC(=O)OCC(COP(=O)([O-])OCC[N+](C)(C)C)OC(=O)CC/C=C\C/C=C\C/C=C\C/C=C\CC. The van der Waals surface area contributed by atoms with Gasteiger partial charge in [0, 0.05) is 12.8 Å². The summed E-state index contributed by atoms with van der Waals surface area (Å²) in [6, 6.07) is 0. The maximum atomic E-state index is 12.5. The molecular formula is C40H64NO8P. The van der Waals surface area contributed by atoms with E-state index in [1.54, 1.807) is 0 Å². The fraction of sp³-hybridized carbons (Fsp3) is 0.550. The van der Waals surface area contributed by atoms with E-state index in [2.05, 4.69) is 86.8 Å². The molecule has 0 saturated heterocycles. The standard InChI is InChI=1S/C40H64NO8P/c1-6-8-10-12-14-16-18-20-22-24-26-28-30-32-39(42)46-36-38(37-48-50(44,45)47-35-34-41(3,4)5)49-40(43)33-31-29-27-25-23-21-19-17-15-13-11-9-7-2/h8-11,14-17,20-23,26-29,38H,6-7,12-13,18-19,24-25,30-37H2,1-5H3/b10-8-,11-9-,16-14-,17-15-,22-20-,23-21-,28-26-,29-27-. The summed E-state index contributed by atoms with van der Waals surface area (Å²) in [6.07, 6.45) is 40.5. The van der Waals surface area contributed by atoms with Crippen LogP contribution in [-0.4, -0.2) is 70.0 Å². The van der Waals surface area contributed by atoms with E-state index in [-0.39, 0.29) is 26.1 Å². The summed E-state index contributed by atoms with van der Waals surface area (Å²) in [5.74, 6) is -1.04. The predicted molar refractivity (Wildman–Crippen MR) is 203 cm³/mol. The molecule has 0 aliphatic carbocycles. The number of ether oxygens (including phenoxy) is 2. The van der Waals surface area contributed by atoms with Crippen LogP contribution < -0.4 is 4.89 Å². The maximum Gasteiger partial charge on any atom is 0.306 e. The molecule has 0 N–H and O–H groups in total. The van der Waals surface area contributed by atoms with Crippen LogP contribution in [-0.2, 0) is 32.7 Å². The van der Waals surface area contributed by atoms with Gasteiger partial charge >= 0.3 is 11.9 Å². The smallest absolute Gasteiger partial charge is 0.306 e. The minimum absolute atomic E-state index is 0.0596. The Bertz CT molecular complexity index is 1170. The molecule has 10 heteroatoms. The maximum absolute atomic E-state index is 12.5. The van der Waals surface area contributed by atoms with Gasteiger partial charge in [-0.15, -0.1) is 0 Å². The third-order valence-corrected chi connectivity index (χ3v) is 7.59. The van der Waals surface area contributed by atoms with Gasteiger partial charge < -0.3 is 27.9 Å². The first kappa shape index (κ1) is 46.9. The fourth-order valence-corrected chi connectivity index (χ4v) is 4.58. The number of rotatable bonds is 30. The third kappa shape index (κ3) is 34.8. The molecule has 9 nitrogen and oxygen atoms in total. The van der Waals surface area contributed by atoms with E-state index in [1.165, 1.54) is 0 Å². The summed E-state index contributed by atoms with van der Waals surface area (Å²) >= 11 is 0. The molecule has 0 aromatic carbocycles. The Morgan fingerprint density at radius 2 is 1.00 bits per heavy atom. The number of esters is 2. The van der Waals surface area contributed by atoms with Crippen LogP contribution in [0.15, 0.2) is 97.2 Å². The minimum Gasteiger partial charge on any atom is -0.756 e. The van der Waals surface area contributed by atoms with Crippen molar-refractivity contribution in [3.63, 3.8) is 0 Å². The van der Waals surface area contributed by atoms with Gasteiger partial charge in [0.05, 0.1) is 27.7 Å². The summed E-state index contributed by atoms with van der Waals surface area (Å²) in [4.78, 5) is 37.2. The number of carbonyl (C=O) groups excluding carboxylic acids is 2. The number of quaternary nitrogens is 1. The Morgan fingerprint density at radius 3 is 1.42 bits per heavy atom. The fourth-order valence-electron chi connectivity index (χ4n) is 3.85. The quantitative estimate of drug-likeness (QED) is 0.0314. The number of phosphoric ester groups is 1. The Balaban J connectivity index is 4.73. The second-order valence-electron chi connectivity index (χ2n) is 12.5. The summed E-state index contributed by atoms with van der Waals surface area (Å²) in [5, 5.41) is 0. The van der Waals surface area contributed by atoms with E-state index in [9.17, 15) is 19.0 Å². The molecule has 0 heterocycles. The van der Waals surface area contributed by atoms with E-state index >= 15 is 0 Å². The lowest BCUT2D eigenvalue weighted by atomic mass is 10.2. The van der Waals surface area contributed by atoms with Gasteiger partial charge in [-0.05, 0) is 64.2 Å². The van der Waals surface area contributed by atoms with Crippen LogP contribution in [0, 0.1) is 0 Å². The molecular weight excluding hydrogens is 653 g/mol. The monoisotopic (exact) mass is 717 g/mol. The van der Waals surface area contributed by atoms with E-state index < -0.39 is 32.5 Å². The number of carbonyl (C=O) groups is 2. The van der Waals surface area contributed by atoms with Gasteiger partial charge in [0.25, 0.3) is 7.82 Å². The second-order valence-corrected chi connectivity index (χ2v) is 13.9. The van der Waals surface area contributed by atoms with Crippen LogP contribution in [0.2, 0.25) is 0 Å².